The summed E-state index contributed by atoms with van der Waals surface area (Å²) in [4.78, 5) is 10.0. The van der Waals surface area contributed by atoms with Crippen molar-refractivity contribution in [2.75, 3.05) is 5.73 Å². The van der Waals surface area contributed by atoms with E-state index in [-0.39, 0.29) is 5.92 Å². The summed E-state index contributed by atoms with van der Waals surface area (Å²) >= 11 is 0. The number of nitrogens with two attached hydrogens (primary N) is 1. The number of anilines is 1. The number of dihydropyridines is 1. The molecule has 0 fully saturated rings. The molecule has 3 N–H and O–H groups in total. The van der Waals surface area contributed by atoms with Crippen molar-refractivity contribution in [3.8, 4) is 0 Å². The zero-order chi connectivity index (χ0) is 33.5. The molecule has 0 spiro atoms. The van der Waals surface area contributed by atoms with Gasteiger partial charge in [0.1, 0.15) is 0 Å². The highest BCUT2D eigenvalue weighted by Crippen LogP contribution is 2.43. The van der Waals surface area contributed by atoms with Gasteiger partial charge in [-0.15, -0.1) is 0 Å². The Labute approximate surface area is 284 Å². The minimum atomic E-state index is 0.253. The van der Waals surface area contributed by atoms with Crippen molar-refractivity contribution >= 4 is 28.6 Å². The molecule has 2 bridgehead atoms. The topological polar surface area (TPSA) is 62.8 Å². The van der Waals surface area contributed by atoms with Crippen molar-refractivity contribution in [1.29, 1.82) is 0 Å². The molecule has 2 atom stereocenters. The average molecular weight is 627 g/mol. The van der Waals surface area contributed by atoms with Crippen molar-refractivity contribution in [3.05, 3.63) is 197 Å². The van der Waals surface area contributed by atoms with Gasteiger partial charge in [-0.2, -0.15) is 0 Å². The maximum absolute atomic E-state index is 5.36. The van der Waals surface area contributed by atoms with Crippen LogP contribution in [0.25, 0.3) is 11.4 Å². The lowest BCUT2D eigenvalue weighted by atomic mass is 9.77. The van der Waals surface area contributed by atoms with E-state index in [2.05, 4.69) is 99.4 Å². The minimum Gasteiger partial charge on any atom is -0.399 e. The van der Waals surface area contributed by atoms with Crippen LogP contribution in [0.2, 0.25) is 0 Å². The summed E-state index contributed by atoms with van der Waals surface area (Å²) in [5.41, 5.74) is 18.6. The summed E-state index contributed by atoms with van der Waals surface area (Å²) < 4.78 is 0. The number of hydrogen-bond acceptors (Lipinski definition) is 3. The predicted molar refractivity (Wildman–Crippen MR) is 205 cm³/mol. The summed E-state index contributed by atoms with van der Waals surface area (Å²) in [7, 11) is 0. The van der Waals surface area contributed by atoms with Gasteiger partial charge in [0.05, 0.1) is 5.70 Å². The van der Waals surface area contributed by atoms with Crippen LogP contribution in [0.1, 0.15) is 55.4 Å². The fourth-order valence-electron chi connectivity index (χ4n) is 6.33. The molecule has 2 aliphatic heterocycles. The molecule has 3 aliphatic rings. The molecule has 48 heavy (non-hydrogen) atoms. The van der Waals surface area contributed by atoms with E-state index in [9.17, 15) is 0 Å². The van der Waals surface area contributed by atoms with E-state index in [1.807, 2.05) is 78.9 Å². The van der Waals surface area contributed by atoms with Crippen molar-refractivity contribution in [2.45, 2.75) is 33.1 Å². The molecule has 1 aliphatic carbocycles. The molecule has 0 amide bonds. The van der Waals surface area contributed by atoms with E-state index in [1.165, 1.54) is 33.7 Å². The van der Waals surface area contributed by atoms with E-state index in [1.54, 1.807) is 0 Å². The number of nitrogens with one attached hydrogen (secondary N) is 1. The second-order valence-electron chi connectivity index (χ2n) is 12.3. The Morgan fingerprint density at radius 2 is 1.42 bits per heavy atom. The number of aliphatic imine (C=N–C) groups is 2. The summed E-state index contributed by atoms with van der Waals surface area (Å²) in [5.74, 6) is 1.31. The molecule has 7 rings (SSSR count). The number of fused-ring (bicyclic) bond motifs is 4. The Bertz CT molecular complexity index is 2010. The summed E-state index contributed by atoms with van der Waals surface area (Å²) in [5, 5.41) is 3.74. The fourth-order valence-corrected chi connectivity index (χ4v) is 6.33. The standard InChI is InChI=1S/C38H35N3.C6H7N/c1-25-22-23-31(24-34(25)37-26(2)32-18-11-12-19-33(32)35-20-13-21-36(37)41-35)28(4)40-38(30-16-9-6-10-17-30)39-27(3)29-14-7-5-8-15-29;7-6-4-2-1-3-5-6/h5-21,23-26,41H,3,22H2,1-2,4H3;1-5H,7H2. The second-order valence-corrected chi connectivity index (χ2v) is 12.3. The first-order chi connectivity index (χ1) is 23.4. The fraction of sp³-hybridized carbons (Fsp3) is 0.136. The van der Waals surface area contributed by atoms with Gasteiger partial charge >= 0.3 is 0 Å². The number of benzene rings is 4. The maximum atomic E-state index is 5.36. The third kappa shape index (κ3) is 7.29. The number of hydrogen-bond donors (Lipinski definition) is 2. The average Bonchev–Trinajstić information content (AvgIpc) is 3.20. The Kier molecular flexibility index (Phi) is 9.92. The highest BCUT2D eigenvalue weighted by molar-refractivity contribution is 6.13. The largest absolute Gasteiger partial charge is 0.399 e. The molecule has 4 nitrogen and oxygen atoms in total. The van der Waals surface area contributed by atoms with Crippen LogP contribution in [0.5, 0.6) is 0 Å². The predicted octanol–water partition coefficient (Wildman–Crippen LogP) is 10.3. The first-order valence-corrected chi connectivity index (χ1v) is 16.5. The van der Waals surface area contributed by atoms with Gasteiger partial charge in [-0.25, -0.2) is 9.98 Å². The highest BCUT2D eigenvalue weighted by Gasteiger charge is 2.30. The number of amidine groups is 1. The van der Waals surface area contributed by atoms with Crippen LogP contribution < -0.4 is 11.1 Å². The van der Waals surface area contributed by atoms with Gasteiger partial charge in [-0.05, 0) is 77.5 Å². The van der Waals surface area contributed by atoms with E-state index in [0.717, 1.165) is 34.5 Å². The van der Waals surface area contributed by atoms with E-state index in [4.69, 9.17) is 15.7 Å². The molecule has 0 aromatic heterocycles. The molecule has 4 heteroatoms. The lowest BCUT2D eigenvalue weighted by Crippen LogP contribution is -2.18. The normalized spacial score (nSPS) is 18.6. The van der Waals surface area contributed by atoms with E-state index < -0.39 is 0 Å². The number of rotatable bonds is 5. The monoisotopic (exact) mass is 626 g/mol. The van der Waals surface area contributed by atoms with Crippen LogP contribution in [-0.2, 0) is 0 Å². The van der Waals surface area contributed by atoms with Gasteiger partial charge < -0.3 is 11.1 Å². The Balaban J connectivity index is 0.000000510. The number of nitrogen functional groups attached to an aromatic ring is 1. The van der Waals surface area contributed by atoms with Crippen LogP contribution >= 0.6 is 0 Å². The molecule has 4 aromatic rings. The molecule has 238 valence electrons. The smallest absolute Gasteiger partial charge is 0.160 e. The van der Waals surface area contributed by atoms with Crippen LogP contribution in [0.3, 0.4) is 0 Å². The van der Waals surface area contributed by atoms with E-state index in [0.29, 0.717) is 17.5 Å². The highest BCUT2D eigenvalue weighted by atomic mass is 14.9. The second kappa shape index (κ2) is 14.8. The maximum Gasteiger partial charge on any atom is 0.160 e. The van der Waals surface area contributed by atoms with Gasteiger partial charge in [0.2, 0.25) is 0 Å². The zero-order valence-electron chi connectivity index (χ0n) is 27.9. The number of para-hydroxylation sites is 1. The van der Waals surface area contributed by atoms with Crippen LogP contribution in [0.4, 0.5) is 5.69 Å². The Hall–Kier alpha value is -5.74. The molecule has 0 saturated carbocycles. The van der Waals surface area contributed by atoms with Crippen molar-refractivity contribution in [3.63, 3.8) is 0 Å². The number of nitrogens with zero attached hydrogens (tertiary/aromatic N) is 2. The quantitative estimate of drug-likeness (QED) is 0.132. The van der Waals surface area contributed by atoms with Gasteiger partial charge in [0.15, 0.2) is 5.84 Å². The lowest BCUT2D eigenvalue weighted by molar-refractivity contribution is 0.670. The first-order valence-electron chi connectivity index (χ1n) is 16.5. The van der Waals surface area contributed by atoms with Crippen molar-refractivity contribution in [1.82, 2.24) is 5.32 Å². The molecule has 2 heterocycles. The van der Waals surface area contributed by atoms with Crippen molar-refractivity contribution < 1.29 is 0 Å². The van der Waals surface area contributed by atoms with Gasteiger partial charge in [-0.3, -0.25) is 0 Å². The van der Waals surface area contributed by atoms with Crippen LogP contribution in [0, 0.1) is 5.92 Å². The third-order valence-corrected chi connectivity index (χ3v) is 8.95. The Morgan fingerprint density at radius 1 is 0.792 bits per heavy atom. The van der Waals surface area contributed by atoms with Gasteiger partial charge in [0, 0.05) is 39.8 Å². The molecular formula is C44H42N4. The number of allylic oxidation sites excluding steroid dienone is 8. The Morgan fingerprint density at radius 3 is 2.08 bits per heavy atom. The molecule has 0 saturated heterocycles. The van der Waals surface area contributed by atoms with Crippen LogP contribution in [-0.4, -0.2) is 11.5 Å². The molecule has 4 aromatic carbocycles. The summed E-state index contributed by atoms with van der Waals surface area (Å²) in [6.07, 6.45) is 12.2. The molecular weight excluding hydrogens is 585 g/mol. The summed E-state index contributed by atoms with van der Waals surface area (Å²) in [6, 6.07) is 38.5. The minimum absolute atomic E-state index is 0.253. The van der Waals surface area contributed by atoms with Gasteiger partial charge in [0.25, 0.3) is 0 Å². The third-order valence-electron chi connectivity index (χ3n) is 8.95. The SMILES string of the molecule is C=C(N=C(N=C(C)C1=CCC(C)C(C2=C3C=CC=C(N3)c3ccccc3C2C)=C1)c1ccccc1)c1ccccc1.Nc1ccccc1. The van der Waals surface area contributed by atoms with E-state index >= 15 is 0 Å². The molecule has 0 radical (unpaired) electrons. The molecule has 2 unspecified atom stereocenters. The lowest BCUT2D eigenvalue weighted by Gasteiger charge is -2.28. The zero-order valence-corrected chi connectivity index (χ0v) is 27.9. The van der Waals surface area contributed by atoms with Crippen LogP contribution in [0.15, 0.2) is 185 Å². The first kappa shape index (κ1) is 32.2. The summed E-state index contributed by atoms with van der Waals surface area (Å²) in [6.45, 7) is 11.0. The van der Waals surface area contributed by atoms with Crippen molar-refractivity contribution in [2.24, 2.45) is 15.9 Å². The van der Waals surface area contributed by atoms with Gasteiger partial charge in [-0.1, -0.05) is 136 Å².